The highest BCUT2D eigenvalue weighted by atomic mass is 32.2. The number of carbonyl (C=O) groups excluding carboxylic acids is 1. The molecule has 0 aliphatic carbocycles. The number of carbonyl (C=O) groups is 1. The molecule has 2 aromatic rings. The molecule has 0 atom stereocenters. The van der Waals surface area contributed by atoms with Crippen molar-refractivity contribution in [1.82, 2.24) is 5.43 Å². The molecule has 0 spiro atoms. The molecule has 2 rings (SSSR count). The average Bonchev–Trinajstić information content (AvgIpc) is 2.64. The van der Waals surface area contributed by atoms with E-state index in [0.29, 0.717) is 5.69 Å². The predicted octanol–water partition coefficient (Wildman–Crippen LogP) is 4.04. The molecule has 0 aliphatic heterocycles. The molecule has 2 aromatic carbocycles. The Morgan fingerprint density at radius 1 is 1.03 bits per heavy atom. The Morgan fingerprint density at radius 3 is 2.17 bits per heavy atom. The van der Waals surface area contributed by atoms with Crippen LogP contribution in [0.4, 0.5) is 5.69 Å². The highest BCUT2D eigenvalue weighted by molar-refractivity contribution is 7.92. The highest BCUT2D eigenvalue weighted by Crippen LogP contribution is 2.26. The zero-order chi connectivity index (χ0) is 21.8. The molecule has 156 valence electrons. The lowest BCUT2D eigenvalue weighted by Crippen LogP contribution is -2.40. The SMILES string of the molecule is C/C(=N\NC(=O)CN(c1ccccc1C)S(=O)(=O)c1ccc(C)cc1)C(C)(C)C. The number of para-hydroxylation sites is 1. The number of nitrogens with one attached hydrogen (secondary N) is 1. The summed E-state index contributed by atoms with van der Waals surface area (Å²) in [4.78, 5) is 12.7. The molecule has 1 amide bonds. The van der Waals surface area contributed by atoms with Crippen LogP contribution in [0, 0.1) is 19.3 Å². The Morgan fingerprint density at radius 2 is 1.62 bits per heavy atom. The molecule has 1 N–H and O–H groups in total. The molecule has 0 aliphatic rings. The van der Waals surface area contributed by atoms with Crippen LogP contribution in [0.15, 0.2) is 58.5 Å². The van der Waals surface area contributed by atoms with Gasteiger partial charge in [0.15, 0.2) is 0 Å². The Kier molecular flexibility index (Phi) is 6.85. The van der Waals surface area contributed by atoms with E-state index >= 15 is 0 Å². The summed E-state index contributed by atoms with van der Waals surface area (Å²) in [6.45, 7) is 11.1. The standard InChI is InChI=1S/C22H29N3O3S/c1-16-11-13-19(14-12-16)29(27,28)25(20-10-8-7-9-17(20)2)15-21(26)24-23-18(3)22(4,5)6/h7-14H,15H2,1-6H3,(H,24,26)/b23-18+. The van der Waals surface area contributed by atoms with Gasteiger partial charge in [0.2, 0.25) is 0 Å². The largest absolute Gasteiger partial charge is 0.271 e. The summed E-state index contributed by atoms with van der Waals surface area (Å²) in [5.74, 6) is -0.507. The van der Waals surface area contributed by atoms with E-state index in [9.17, 15) is 13.2 Å². The molecule has 0 saturated carbocycles. The Bertz CT molecular complexity index is 1000. The van der Waals surface area contributed by atoms with Crippen LogP contribution in [0.25, 0.3) is 0 Å². The lowest BCUT2D eigenvalue weighted by Gasteiger charge is -2.25. The second kappa shape index (κ2) is 8.78. The molecular weight excluding hydrogens is 386 g/mol. The van der Waals surface area contributed by atoms with E-state index in [0.717, 1.165) is 21.1 Å². The molecule has 0 fully saturated rings. The van der Waals surface area contributed by atoms with Crippen molar-refractivity contribution in [3.8, 4) is 0 Å². The van der Waals surface area contributed by atoms with E-state index in [4.69, 9.17) is 0 Å². The minimum absolute atomic E-state index is 0.133. The van der Waals surface area contributed by atoms with Crippen molar-refractivity contribution in [1.29, 1.82) is 0 Å². The molecule has 0 aromatic heterocycles. The van der Waals surface area contributed by atoms with Crippen molar-refractivity contribution in [2.24, 2.45) is 10.5 Å². The van der Waals surface area contributed by atoms with Gasteiger partial charge in [-0.1, -0.05) is 56.7 Å². The lowest BCUT2D eigenvalue weighted by molar-refractivity contribution is -0.119. The third-order valence-electron chi connectivity index (χ3n) is 4.71. The van der Waals surface area contributed by atoms with Gasteiger partial charge in [-0.2, -0.15) is 5.10 Å². The molecule has 0 bridgehead atoms. The van der Waals surface area contributed by atoms with Gasteiger partial charge < -0.3 is 0 Å². The van der Waals surface area contributed by atoms with Crippen LogP contribution >= 0.6 is 0 Å². The fraction of sp³-hybridized carbons (Fsp3) is 0.364. The zero-order valence-corrected chi connectivity index (χ0v) is 18.7. The summed E-state index contributed by atoms with van der Waals surface area (Å²) in [5, 5.41) is 4.13. The minimum atomic E-state index is -3.93. The van der Waals surface area contributed by atoms with Crippen LogP contribution in [0.3, 0.4) is 0 Å². The summed E-state index contributed by atoms with van der Waals surface area (Å²) in [6.07, 6.45) is 0. The second-order valence-electron chi connectivity index (χ2n) is 8.09. The van der Waals surface area contributed by atoms with Gasteiger partial charge in [-0.3, -0.25) is 9.10 Å². The zero-order valence-electron chi connectivity index (χ0n) is 17.9. The third kappa shape index (κ3) is 5.67. The van der Waals surface area contributed by atoms with Gasteiger partial charge in [0.1, 0.15) is 6.54 Å². The number of anilines is 1. The van der Waals surface area contributed by atoms with E-state index in [2.05, 4.69) is 10.5 Å². The number of hydrogen-bond acceptors (Lipinski definition) is 4. The van der Waals surface area contributed by atoms with Crippen molar-refractivity contribution in [3.05, 3.63) is 59.7 Å². The Labute approximate surface area is 173 Å². The number of aryl methyl sites for hydroxylation is 2. The fourth-order valence-electron chi connectivity index (χ4n) is 2.46. The maximum absolute atomic E-state index is 13.3. The quantitative estimate of drug-likeness (QED) is 0.571. The number of amides is 1. The molecule has 7 heteroatoms. The van der Waals surface area contributed by atoms with Crippen LogP contribution < -0.4 is 9.73 Å². The van der Waals surface area contributed by atoms with E-state index in [1.165, 1.54) is 0 Å². The van der Waals surface area contributed by atoms with Crippen molar-refractivity contribution >= 4 is 27.3 Å². The summed E-state index contributed by atoms with van der Waals surface area (Å²) < 4.78 is 27.8. The minimum Gasteiger partial charge on any atom is -0.271 e. The van der Waals surface area contributed by atoms with E-state index in [1.54, 1.807) is 36.4 Å². The topological polar surface area (TPSA) is 78.8 Å². The Hall–Kier alpha value is -2.67. The Balaban J connectivity index is 2.40. The summed E-state index contributed by atoms with van der Waals surface area (Å²) in [5.41, 5.74) is 5.20. The average molecular weight is 416 g/mol. The molecule has 0 unspecified atom stereocenters. The number of benzene rings is 2. The van der Waals surface area contributed by atoms with Gasteiger partial charge in [0.25, 0.3) is 15.9 Å². The first-order chi connectivity index (χ1) is 13.4. The van der Waals surface area contributed by atoms with Gasteiger partial charge in [-0.05, 0) is 44.5 Å². The van der Waals surface area contributed by atoms with Crippen LogP contribution in [-0.2, 0) is 14.8 Å². The number of hydrogen-bond donors (Lipinski definition) is 1. The number of nitrogens with zero attached hydrogens (tertiary/aromatic N) is 2. The van der Waals surface area contributed by atoms with E-state index in [1.807, 2.05) is 53.7 Å². The fourth-order valence-corrected chi connectivity index (χ4v) is 3.95. The van der Waals surface area contributed by atoms with Gasteiger partial charge in [-0.25, -0.2) is 13.8 Å². The molecular formula is C22H29N3O3S. The van der Waals surface area contributed by atoms with Crippen LogP contribution in [0.1, 0.15) is 38.8 Å². The number of rotatable bonds is 6. The molecule has 0 radical (unpaired) electrons. The van der Waals surface area contributed by atoms with Gasteiger partial charge >= 0.3 is 0 Å². The molecule has 29 heavy (non-hydrogen) atoms. The number of sulfonamides is 1. The molecule has 0 heterocycles. The smallest absolute Gasteiger partial charge is 0.264 e. The van der Waals surface area contributed by atoms with Gasteiger partial charge in [0, 0.05) is 11.1 Å². The summed E-state index contributed by atoms with van der Waals surface area (Å²) >= 11 is 0. The van der Waals surface area contributed by atoms with Gasteiger partial charge in [-0.15, -0.1) is 0 Å². The third-order valence-corrected chi connectivity index (χ3v) is 6.49. The van der Waals surface area contributed by atoms with Crippen molar-refractivity contribution < 1.29 is 13.2 Å². The van der Waals surface area contributed by atoms with Crippen molar-refractivity contribution in [3.63, 3.8) is 0 Å². The summed E-state index contributed by atoms with van der Waals surface area (Å²) in [6, 6.07) is 13.7. The first-order valence-electron chi connectivity index (χ1n) is 9.41. The monoisotopic (exact) mass is 415 g/mol. The maximum atomic E-state index is 13.3. The van der Waals surface area contributed by atoms with Crippen LogP contribution in [0.5, 0.6) is 0 Å². The number of hydrazone groups is 1. The second-order valence-corrected chi connectivity index (χ2v) is 9.96. The summed E-state index contributed by atoms with van der Waals surface area (Å²) in [7, 11) is -3.93. The maximum Gasteiger partial charge on any atom is 0.264 e. The molecule has 6 nitrogen and oxygen atoms in total. The van der Waals surface area contributed by atoms with E-state index < -0.39 is 15.9 Å². The van der Waals surface area contributed by atoms with E-state index in [-0.39, 0.29) is 16.9 Å². The lowest BCUT2D eigenvalue weighted by atomic mass is 9.91. The molecule has 0 saturated heterocycles. The van der Waals surface area contributed by atoms with Crippen molar-refractivity contribution in [2.75, 3.05) is 10.8 Å². The van der Waals surface area contributed by atoms with Crippen molar-refractivity contribution in [2.45, 2.75) is 46.4 Å². The normalized spacial score (nSPS) is 12.6. The van der Waals surface area contributed by atoms with Crippen LogP contribution in [0.2, 0.25) is 0 Å². The van der Waals surface area contributed by atoms with Gasteiger partial charge in [0.05, 0.1) is 10.6 Å². The van der Waals surface area contributed by atoms with Crippen LogP contribution in [-0.4, -0.2) is 26.6 Å². The first-order valence-corrected chi connectivity index (χ1v) is 10.9. The predicted molar refractivity (Wildman–Crippen MR) is 118 cm³/mol. The first kappa shape index (κ1) is 22.6. The highest BCUT2D eigenvalue weighted by Gasteiger charge is 2.28.